The molecular formula is C24H26N2O3S. The molecule has 0 aliphatic heterocycles. The number of nitrogens with zero attached hydrogens (tertiary/aromatic N) is 1. The van der Waals surface area contributed by atoms with Crippen LogP contribution in [0.1, 0.15) is 35.7 Å². The zero-order valence-electron chi connectivity index (χ0n) is 17.2. The summed E-state index contributed by atoms with van der Waals surface area (Å²) in [6.07, 6.45) is 3.28. The van der Waals surface area contributed by atoms with Crippen molar-refractivity contribution in [2.24, 2.45) is 0 Å². The first-order chi connectivity index (χ1) is 14.4. The number of rotatable bonds is 8. The lowest BCUT2D eigenvalue weighted by atomic mass is 10.1. The zero-order chi connectivity index (χ0) is 21.6. The molecule has 0 aromatic heterocycles. The molecule has 1 amide bonds. The number of nitrogens with one attached hydrogen (secondary N) is 1. The molecule has 0 spiro atoms. The van der Waals surface area contributed by atoms with Crippen molar-refractivity contribution in [3.05, 3.63) is 90.0 Å². The predicted molar refractivity (Wildman–Crippen MR) is 121 cm³/mol. The molecule has 3 aromatic rings. The summed E-state index contributed by atoms with van der Waals surface area (Å²) in [4.78, 5) is 12.7. The molecule has 5 nitrogen and oxygen atoms in total. The van der Waals surface area contributed by atoms with E-state index in [0.29, 0.717) is 11.4 Å². The number of unbranched alkanes of at least 4 members (excludes halogenated alkanes) is 1. The van der Waals surface area contributed by atoms with Gasteiger partial charge in [-0.3, -0.25) is 9.10 Å². The Balaban J connectivity index is 1.76. The minimum absolute atomic E-state index is 0.0661. The molecule has 0 aliphatic carbocycles. The SMILES string of the molecule is CCCCc1ccc(NC(=O)c2cccc(S(=O)(=O)N(C)c3ccccc3)c2)cc1. The third-order valence-corrected chi connectivity index (χ3v) is 6.69. The van der Waals surface area contributed by atoms with Crippen molar-refractivity contribution >= 4 is 27.3 Å². The summed E-state index contributed by atoms with van der Waals surface area (Å²) in [5.41, 5.74) is 2.74. The van der Waals surface area contributed by atoms with Crippen molar-refractivity contribution in [3.8, 4) is 0 Å². The number of benzene rings is 3. The molecule has 0 saturated carbocycles. The maximum Gasteiger partial charge on any atom is 0.264 e. The molecule has 6 heteroatoms. The first-order valence-electron chi connectivity index (χ1n) is 9.96. The maximum absolute atomic E-state index is 13.0. The highest BCUT2D eigenvalue weighted by Crippen LogP contribution is 2.23. The topological polar surface area (TPSA) is 66.5 Å². The summed E-state index contributed by atoms with van der Waals surface area (Å²) in [5.74, 6) is -0.351. The van der Waals surface area contributed by atoms with Gasteiger partial charge in [-0.1, -0.05) is 49.7 Å². The Labute approximate surface area is 178 Å². The number of para-hydroxylation sites is 1. The average molecular weight is 423 g/mol. The molecule has 0 unspecified atom stereocenters. The Morgan fingerprint density at radius 3 is 2.30 bits per heavy atom. The fourth-order valence-corrected chi connectivity index (χ4v) is 4.31. The van der Waals surface area contributed by atoms with Gasteiger partial charge >= 0.3 is 0 Å². The summed E-state index contributed by atoms with van der Waals surface area (Å²) in [7, 11) is -2.28. The predicted octanol–water partition coefficient (Wildman–Crippen LogP) is 5.11. The summed E-state index contributed by atoms with van der Waals surface area (Å²) >= 11 is 0. The molecule has 0 atom stereocenters. The van der Waals surface area contributed by atoms with Gasteiger partial charge in [0.15, 0.2) is 0 Å². The second-order valence-corrected chi connectivity index (χ2v) is 9.06. The van der Waals surface area contributed by atoms with Gasteiger partial charge in [-0.05, 0) is 60.9 Å². The lowest BCUT2D eigenvalue weighted by molar-refractivity contribution is 0.102. The smallest absolute Gasteiger partial charge is 0.264 e. The number of hydrogen-bond acceptors (Lipinski definition) is 3. The lowest BCUT2D eigenvalue weighted by Gasteiger charge is -2.19. The minimum Gasteiger partial charge on any atom is -0.322 e. The fourth-order valence-electron chi connectivity index (χ4n) is 3.07. The van der Waals surface area contributed by atoms with Gasteiger partial charge in [-0.25, -0.2) is 8.42 Å². The highest BCUT2D eigenvalue weighted by molar-refractivity contribution is 7.92. The van der Waals surface area contributed by atoms with E-state index in [2.05, 4.69) is 12.2 Å². The van der Waals surface area contributed by atoms with E-state index < -0.39 is 10.0 Å². The van der Waals surface area contributed by atoms with Gasteiger partial charge in [0.25, 0.3) is 15.9 Å². The molecule has 3 rings (SSSR count). The van der Waals surface area contributed by atoms with Gasteiger partial charge in [0.1, 0.15) is 0 Å². The molecule has 0 heterocycles. The van der Waals surface area contributed by atoms with Crippen LogP contribution in [0, 0.1) is 0 Å². The summed E-state index contributed by atoms with van der Waals surface area (Å²) in [6, 6.07) is 22.6. The number of hydrogen-bond donors (Lipinski definition) is 1. The number of carbonyl (C=O) groups is 1. The van der Waals surface area contributed by atoms with E-state index in [-0.39, 0.29) is 16.4 Å². The van der Waals surface area contributed by atoms with Crippen molar-refractivity contribution in [2.45, 2.75) is 31.1 Å². The van der Waals surface area contributed by atoms with E-state index in [1.807, 2.05) is 30.3 Å². The molecule has 1 N–H and O–H groups in total. The Morgan fingerprint density at radius 2 is 1.63 bits per heavy atom. The summed E-state index contributed by atoms with van der Waals surface area (Å²) in [5, 5.41) is 2.83. The van der Waals surface area contributed by atoms with Crippen LogP contribution in [0.25, 0.3) is 0 Å². The normalized spacial score (nSPS) is 11.1. The van der Waals surface area contributed by atoms with E-state index in [4.69, 9.17) is 0 Å². The van der Waals surface area contributed by atoms with Crippen LogP contribution in [0.2, 0.25) is 0 Å². The molecule has 0 saturated heterocycles. The summed E-state index contributed by atoms with van der Waals surface area (Å²) < 4.78 is 27.2. The van der Waals surface area contributed by atoms with Gasteiger partial charge in [0, 0.05) is 18.3 Å². The third-order valence-electron chi connectivity index (χ3n) is 4.91. The molecule has 0 radical (unpaired) electrons. The third kappa shape index (κ3) is 5.07. The van der Waals surface area contributed by atoms with E-state index in [1.165, 1.54) is 29.0 Å². The molecule has 0 bridgehead atoms. The standard InChI is InChI=1S/C24H26N2O3S/c1-3-4-9-19-14-16-21(17-15-19)25-24(27)20-10-8-13-23(18-20)30(28,29)26(2)22-11-6-5-7-12-22/h5-8,10-18H,3-4,9H2,1-2H3,(H,25,27). The van der Waals surface area contributed by atoms with Crippen LogP contribution in [0.5, 0.6) is 0 Å². The number of sulfonamides is 1. The fraction of sp³-hybridized carbons (Fsp3) is 0.208. The first kappa shape index (κ1) is 21.6. The molecule has 0 fully saturated rings. The second-order valence-electron chi connectivity index (χ2n) is 7.09. The quantitative estimate of drug-likeness (QED) is 0.549. The van der Waals surface area contributed by atoms with Crippen LogP contribution in [0.15, 0.2) is 83.8 Å². The van der Waals surface area contributed by atoms with E-state index in [0.717, 1.165) is 19.3 Å². The van der Waals surface area contributed by atoms with Gasteiger partial charge in [0.2, 0.25) is 0 Å². The average Bonchev–Trinajstić information content (AvgIpc) is 2.78. The van der Waals surface area contributed by atoms with Gasteiger partial charge in [0.05, 0.1) is 10.6 Å². The van der Waals surface area contributed by atoms with E-state index in [9.17, 15) is 13.2 Å². The van der Waals surface area contributed by atoms with Crippen LogP contribution in [-0.4, -0.2) is 21.4 Å². The van der Waals surface area contributed by atoms with Crippen molar-refractivity contribution in [1.82, 2.24) is 0 Å². The van der Waals surface area contributed by atoms with Crippen LogP contribution < -0.4 is 9.62 Å². The van der Waals surface area contributed by atoms with Gasteiger partial charge < -0.3 is 5.32 Å². The highest BCUT2D eigenvalue weighted by Gasteiger charge is 2.22. The van der Waals surface area contributed by atoms with Gasteiger partial charge in [-0.2, -0.15) is 0 Å². The van der Waals surface area contributed by atoms with Crippen molar-refractivity contribution in [3.63, 3.8) is 0 Å². The van der Waals surface area contributed by atoms with E-state index >= 15 is 0 Å². The Bertz CT molecular complexity index is 1090. The minimum atomic E-state index is -3.78. The Morgan fingerprint density at radius 1 is 0.933 bits per heavy atom. The molecule has 156 valence electrons. The number of aryl methyl sites for hydroxylation is 1. The molecule has 3 aromatic carbocycles. The zero-order valence-corrected chi connectivity index (χ0v) is 18.0. The second kappa shape index (κ2) is 9.59. The van der Waals surface area contributed by atoms with Crippen LogP contribution >= 0.6 is 0 Å². The van der Waals surface area contributed by atoms with Crippen molar-refractivity contribution in [2.75, 3.05) is 16.7 Å². The lowest BCUT2D eigenvalue weighted by Crippen LogP contribution is -2.26. The number of amides is 1. The number of carbonyl (C=O) groups excluding carboxylic acids is 1. The van der Waals surface area contributed by atoms with Crippen molar-refractivity contribution < 1.29 is 13.2 Å². The highest BCUT2D eigenvalue weighted by atomic mass is 32.2. The number of anilines is 2. The molecule has 0 aliphatic rings. The first-order valence-corrected chi connectivity index (χ1v) is 11.4. The van der Waals surface area contributed by atoms with Crippen molar-refractivity contribution in [1.29, 1.82) is 0 Å². The van der Waals surface area contributed by atoms with Gasteiger partial charge in [-0.15, -0.1) is 0 Å². The monoisotopic (exact) mass is 422 g/mol. The molecular weight excluding hydrogens is 396 g/mol. The van der Waals surface area contributed by atoms with Crippen LogP contribution in [-0.2, 0) is 16.4 Å². The molecule has 30 heavy (non-hydrogen) atoms. The maximum atomic E-state index is 13.0. The summed E-state index contributed by atoms with van der Waals surface area (Å²) in [6.45, 7) is 2.15. The Kier molecular flexibility index (Phi) is 6.90. The largest absolute Gasteiger partial charge is 0.322 e. The van der Waals surface area contributed by atoms with Crippen LogP contribution in [0.3, 0.4) is 0 Å². The van der Waals surface area contributed by atoms with E-state index in [1.54, 1.807) is 36.4 Å². The van der Waals surface area contributed by atoms with Crippen LogP contribution in [0.4, 0.5) is 11.4 Å². The Hall–Kier alpha value is -3.12.